The van der Waals surface area contributed by atoms with Crippen LogP contribution in [-0.4, -0.2) is 29.0 Å². The van der Waals surface area contributed by atoms with E-state index in [1.807, 2.05) is 24.3 Å². The van der Waals surface area contributed by atoms with Gasteiger partial charge in [0.15, 0.2) is 0 Å². The highest BCUT2D eigenvalue weighted by Crippen LogP contribution is 2.27. The Bertz CT molecular complexity index is 933. The molecule has 2 aromatic heterocycles. The van der Waals surface area contributed by atoms with Crippen LogP contribution >= 0.6 is 0 Å². The zero-order valence-electron chi connectivity index (χ0n) is 15.6. The lowest BCUT2D eigenvalue weighted by atomic mass is 9.95. The third-order valence-electron chi connectivity index (χ3n) is 5.24. The number of piperidine rings is 1. The second kappa shape index (κ2) is 7.74. The molecule has 0 bridgehead atoms. The molecule has 1 fully saturated rings. The average Bonchev–Trinajstić information content (AvgIpc) is 2.72. The maximum Gasteiger partial charge on any atom is 0.223 e. The van der Waals surface area contributed by atoms with Gasteiger partial charge in [-0.1, -0.05) is 24.3 Å². The summed E-state index contributed by atoms with van der Waals surface area (Å²) in [5, 5.41) is 4.22. The topological polar surface area (TPSA) is 58.1 Å². The molecule has 3 heterocycles. The largest absolute Gasteiger partial charge is 0.356 e. The molecule has 1 N–H and O–H groups in total. The molecular formula is C22H24N4O. The van der Waals surface area contributed by atoms with Crippen LogP contribution in [0.2, 0.25) is 0 Å². The lowest BCUT2D eigenvalue weighted by Gasteiger charge is -2.33. The van der Waals surface area contributed by atoms with Gasteiger partial charge in [-0.25, -0.2) is 4.98 Å². The first kappa shape index (κ1) is 17.5. The molecule has 1 aliphatic heterocycles. The Kier molecular flexibility index (Phi) is 5.01. The number of anilines is 1. The lowest BCUT2D eigenvalue weighted by Crippen LogP contribution is -2.41. The highest BCUT2D eigenvalue weighted by molar-refractivity contribution is 5.82. The number of carbonyl (C=O) groups excluding carboxylic acids is 1. The van der Waals surface area contributed by atoms with Crippen LogP contribution in [0.3, 0.4) is 0 Å². The Balaban J connectivity index is 1.37. The number of benzene rings is 1. The maximum absolute atomic E-state index is 12.5. The van der Waals surface area contributed by atoms with Gasteiger partial charge in [-0.05, 0) is 49.1 Å². The van der Waals surface area contributed by atoms with E-state index in [0.29, 0.717) is 6.54 Å². The van der Waals surface area contributed by atoms with Crippen LogP contribution in [0.5, 0.6) is 0 Å². The minimum absolute atomic E-state index is 0.0682. The number of carbonyl (C=O) groups is 1. The van der Waals surface area contributed by atoms with Gasteiger partial charge < -0.3 is 10.2 Å². The molecule has 3 aromatic rings. The zero-order valence-corrected chi connectivity index (χ0v) is 15.6. The number of fused-ring (bicyclic) bond motifs is 1. The molecule has 138 valence electrons. The van der Waals surface area contributed by atoms with Gasteiger partial charge in [0.25, 0.3) is 0 Å². The average molecular weight is 360 g/mol. The number of hydrogen-bond acceptors (Lipinski definition) is 4. The van der Waals surface area contributed by atoms with E-state index < -0.39 is 0 Å². The number of hydrogen-bond donors (Lipinski definition) is 1. The maximum atomic E-state index is 12.5. The fourth-order valence-electron chi connectivity index (χ4n) is 3.72. The van der Waals surface area contributed by atoms with Gasteiger partial charge in [-0.3, -0.25) is 9.78 Å². The molecule has 0 unspecified atom stereocenters. The second-order valence-corrected chi connectivity index (χ2v) is 7.16. The fourth-order valence-corrected chi connectivity index (χ4v) is 3.72. The first-order chi connectivity index (χ1) is 13.2. The van der Waals surface area contributed by atoms with Crippen molar-refractivity contribution < 1.29 is 4.79 Å². The van der Waals surface area contributed by atoms with Crippen molar-refractivity contribution >= 4 is 22.6 Å². The summed E-state index contributed by atoms with van der Waals surface area (Å²) in [6.07, 6.45) is 5.24. The van der Waals surface area contributed by atoms with Gasteiger partial charge in [0, 0.05) is 43.3 Å². The number of pyridine rings is 2. The lowest BCUT2D eigenvalue weighted by molar-refractivity contribution is -0.125. The van der Waals surface area contributed by atoms with Crippen molar-refractivity contribution in [3.05, 3.63) is 66.0 Å². The number of aromatic nitrogens is 2. The number of para-hydroxylation sites is 1. The molecule has 0 aliphatic carbocycles. The minimum atomic E-state index is 0.0682. The molecule has 0 atom stereocenters. The predicted octanol–water partition coefficient (Wildman–Crippen LogP) is 3.47. The van der Waals surface area contributed by atoms with Gasteiger partial charge in [0.1, 0.15) is 5.82 Å². The van der Waals surface area contributed by atoms with Gasteiger partial charge in [0.2, 0.25) is 5.91 Å². The van der Waals surface area contributed by atoms with Crippen LogP contribution in [0.1, 0.15) is 24.0 Å². The molecule has 0 radical (unpaired) electrons. The molecule has 1 saturated heterocycles. The summed E-state index contributed by atoms with van der Waals surface area (Å²) >= 11 is 0. The van der Waals surface area contributed by atoms with Crippen LogP contribution in [0.15, 0.2) is 54.9 Å². The first-order valence-electron chi connectivity index (χ1n) is 9.48. The normalized spacial score (nSPS) is 15.1. The fraction of sp³-hybridized carbons (Fsp3) is 0.318. The predicted molar refractivity (Wildman–Crippen MR) is 108 cm³/mol. The van der Waals surface area contributed by atoms with Crippen molar-refractivity contribution in [2.75, 3.05) is 18.0 Å². The van der Waals surface area contributed by atoms with Crippen LogP contribution in [0.4, 0.5) is 5.82 Å². The van der Waals surface area contributed by atoms with Gasteiger partial charge >= 0.3 is 0 Å². The van der Waals surface area contributed by atoms with E-state index in [1.54, 1.807) is 12.4 Å². The number of aryl methyl sites for hydroxylation is 1. The van der Waals surface area contributed by atoms with Crippen molar-refractivity contribution in [1.82, 2.24) is 15.3 Å². The van der Waals surface area contributed by atoms with Crippen LogP contribution in [0, 0.1) is 12.8 Å². The van der Waals surface area contributed by atoms with Crippen molar-refractivity contribution in [3.63, 3.8) is 0 Å². The summed E-state index contributed by atoms with van der Waals surface area (Å²) in [5.74, 6) is 1.25. The van der Waals surface area contributed by atoms with Crippen molar-refractivity contribution in [3.8, 4) is 0 Å². The summed E-state index contributed by atoms with van der Waals surface area (Å²) in [4.78, 5) is 23.7. The molecule has 1 amide bonds. The van der Waals surface area contributed by atoms with E-state index >= 15 is 0 Å². The van der Waals surface area contributed by atoms with Gasteiger partial charge in [-0.2, -0.15) is 0 Å². The Labute approximate surface area is 159 Å². The van der Waals surface area contributed by atoms with Crippen molar-refractivity contribution in [1.29, 1.82) is 0 Å². The monoisotopic (exact) mass is 360 g/mol. The SMILES string of the molecule is Cc1cc2ccccc2nc1N1CCC(C(=O)NCc2cccnc2)CC1. The van der Waals surface area contributed by atoms with Crippen LogP contribution in [0.25, 0.3) is 10.9 Å². The Morgan fingerprint density at radius 3 is 2.78 bits per heavy atom. The number of nitrogens with one attached hydrogen (secondary N) is 1. The van der Waals surface area contributed by atoms with E-state index in [2.05, 4.69) is 40.3 Å². The second-order valence-electron chi connectivity index (χ2n) is 7.16. The standard InChI is InChI=1S/C22H24N4O/c1-16-13-19-6-2-3-7-20(19)25-21(16)26-11-8-18(9-12-26)22(27)24-15-17-5-4-10-23-14-17/h2-7,10,13-14,18H,8-9,11-12,15H2,1H3,(H,24,27). The number of nitrogens with zero attached hydrogens (tertiary/aromatic N) is 3. The van der Waals surface area contributed by atoms with Gasteiger partial charge in [0.05, 0.1) is 5.52 Å². The summed E-state index contributed by atoms with van der Waals surface area (Å²) in [6.45, 7) is 4.37. The molecular weight excluding hydrogens is 336 g/mol. The molecule has 1 aromatic carbocycles. The van der Waals surface area contributed by atoms with E-state index in [-0.39, 0.29) is 11.8 Å². The zero-order chi connectivity index (χ0) is 18.6. The van der Waals surface area contributed by atoms with E-state index in [0.717, 1.165) is 42.8 Å². The highest BCUT2D eigenvalue weighted by Gasteiger charge is 2.26. The summed E-state index contributed by atoms with van der Waals surface area (Å²) in [6, 6.07) is 14.3. The molecule has 0 saturated carbocycles. The molecule has 0 spiro atoms. The highest BCUT2D eigenvalue weighted by atomic mass is 16.1. The summed E-state index contributed by atoms with van der Waals surface area (Å²) in [7, 11) is 0. The smallest absolute Gasteiger partial charge is 0.223 e. The van der Waals surface area contributed by atoms with E-state index in [1.165, 1.54) is 10.9 Å². The van der Waals surface area contributed by atoms with Crippen molar-refractivity contribution in [2.24, 2.45) is 5.92 Å². The van der Waals surface area contributed by atoms with Crippen LogP contribution in [-0.2, 0) is 11.3 Å². The molecule has 1 aliphatic rings. The van der Waals surface area contributed by atoms with Gasteiger partial charge in [-0.15, -0.1) is 0 Å². The van der Waals surface area contributed by atoms with Crippen LogP contribution < -0.4 is 10.2 Å². The Hall–Kier alpha value is -2.95. The number of rotatable bonds is 4. The molecule has 27 heavy (non-hydrogen) atoms. The quantitative estimate of drug-likeness (QED) is 0.774. The van der Waals surface area contributed by atoms with E-state index in [9.17, 15) is 4.79 Å². The first-order valence-corrected chi connectivity index (χ1v) is 9.48. The van der Waals surface area contributed by atoms with E-state index in [4.69, 9.17) is 4.98 Å². The third-order valence-corrected chi connectivity index (χ3v) is 5.24. The third kappa shape index (κ3) is 3.92. The summed E-state index contributed by atoms with van der Waals surface area (Å²) < 4.78 is 0. The van der Waals surface area contributed by atoms with Crippen molar-refractivity contribution in [2.45, 2.75) is 26.3 Å². The molecule has 5 heteroatoms. The molecule has 4 rings (SSSR count). The summed E-state index contributed by atoms with van der Waals surface area (Å²) in [5.41, 5.74) is 3.24. The number of amides is 1. The Morgan fingerprint density at radius 2 is 2.00 bits per heavy atom. The minimum Gasteiger partial charge on any atom is -0.356 e. The Morgan fingerprint density at radius 1 is 1.19 bits per heavy atom. The molecule has 5 nitrogen and oxygen atoms in total.